The van der Waals surface area contributed by atoms with E-state index in [1.807, 2.05) is 11.3 Å². The van der Waals surface area contributed by atoms with Crippen molar-refractivity contribution in [2.24, 2.45) is 0 Å². The maximum atomic E-state index is 3.38. The van der Waals surface area contributed by atoms with Gasteiger partial charge in [-0.15, -0.1) is 11.3 Å². The fraction of sp³-hybridized carbons (Fsp3) is 0.500. The molecule has 1 N–H and O–H groups in total. The summed E-state index contributed by atoms with van der Waals surface area (Å²) >= 11 is 1.93. The molecule has 0 amide bonds. The third-order valence-corrected chi connectivity index (χ3v) is 3.80. The SMILES string of the molecule is CCc1ccc(C=C2CCNCC2)s1. The summed E-state index contributed by atoms with van der Waals surface area (Å²) in [6.45, 7) is 4.52. The molecule has 0 radical (unpaired) electrons. The number of hydrogen-bond donors (Lipinski definition) is 1. The number of rotatable bonds is 2. The van der Waals surface area contributed by atoms with E-state index in [0.29, 0.717) is 0 Å². The molecule has 14 heavy (non-hydrogen) atoms. The van der Waals surface area contributed by atoms with Crippen LogP contribution in [0.1, 0.15) is 29.5 Å². The lowest BCUT2D eigenvalue weighted by molar-refractivity contribution is 0.613. The van der Waals surface area contributed by atoms with Gasteiger partial charge in [0.15, 0.2) is 0 Å². The molecule has 1 aliphatic heterocycles. The number of aryl methyl sites for hydroxylation is 1. The molecule has 0 atom stereocenters. The van der Waals surface area contributed by atoms with Gasteiger partial charge in [-0.2, -0.15) is 0 Å². The minimum Gasteiger partial charge on any atom is -0.316 e. The fourth-order valence-corrected chi connectivity index (χ4v) is 2.70. The van der Waals surface area contributed by atoms with Gasteiger partial charge in [-0.05, 0) is 50.6 Å². The number of piperidine rings is 1. The van der Waals surface area contributed by atoms with E-state index in [4.69, 9.17) is 0 Å². The summed E-state index contributed by atoms with van der Waals surface area (Å²) in [5, 5.41) is 3.38. The van der Waals surface area contributed by atoms with Crippen LogP contribution >= 0.6 is 11.3 Å². The monoisotopic (exact) mass is 207 g/mol. The van der Waals surface area contributed by atoms with Crippen LogP contribution in [0.5, 0.6) is 0 Å². The van der Waals surface area contributed by atoms with Crippen molar-refractivity contribution >= 4 is 17.4 Å². The van der Waals surface area contributed by atoms with Gasteiger partial charge in [-0.1, -0.05) is 12.5 Å². The van der Waals surface area contributed by atoms with Crippen molar-refractivity contribution in [3.8, 4) is 0 Å². The highest BCUT2D eigenvalue weighted by Gasteiger charge is 2.04. The van der Waals surface area contributed by atoms with Crippen molar-refractivity contribution in [3.05, 3.63) is 27.5 Å². The van der Waals surface area contributed by atoms with Crippen molar-refractivity contribution in [1.82, 2.24) is 5.32 Å². The highest BCUT2D eigenvalue weighted by atomic mass is 32.1. The van der Waals surface area contributed by atoms with Gasteiger partial charge in [-0.3, -0.25) is 0 Å². The molecular formula is C12H17NS. The minimum atomic E-state index is 1.15. The van der Waals surface area contributed by atoms with Gasteiger partial charge in [0.1, 0.15) is 0 Å². The zero-order chi connectivity index (χ0) is 9.80. The van der Waals surface area contributed by atoms with Crippen molar-refractivity contribution < 1.29 is 0 Å². The number of nitrogens with one attached hydrogen (secondary N) is 1. The molecule has 1 aromatic rings. The third-order valence-electron chi connectivity index (χ3n) is 2.62. The summed E-state index contributed by atoms with van der Waals surface area (Å²) in [5.41, 5.74) is 1.60. The average molecular weight is 207 g/mol. The Morgan fingerprint density at radius 3 is 2.79 bits per heavy atom. The van der Waals surface area contributed by atoms with E-state index < -0.39 is 0 Å². The molecule has 1 aliphatic rings. The molecule has 0 aliphatic carbocycles. The molecule has 1 nitrogen and oxygen atoms in total. The normalized spacial score (nSPS) is 17.1. The maximum absolute atomic E-state index is 3.38. The Morgan fingerprint density at radius 1 is 1.36 bits per heavy atom. The minimum absolute atomic E-state index is 1.15. The van der Waals surface area contributed by atoms with E-state index >= 15 is 0 Å². The molecule has 1 fully saturated rings. The molecule has 2 heteroatoms. The molecule has 0 unspecified atom stereocenters. The Labute approximate surface area is 89.8 Å². The van der Waals surface area contributed by atoms with E-state index in [1.54, 1.807) is 5.57 Å². The largest absolute Gasteiger partial charge is 0.316 e. The van der Waals surface area contributed by atoms with E-state index in [0.717, 1.165) is 19.5 Å². The highest BCUT2D eigenvalue weighted by molar-refractivity contribution is 7.12. The van der Waals surface area contributed by atoms with Crippen LogP contribution in [0.25, 0.3) is 6.08 Å². The first kappa shape index (κ1) is 9.94. The Hall–Kier alpha value is -0.600. The molecule has 0 saturated carbocycles. The summed E-state index contributed by atoms with van der Waals surface area (Å²) in [6.07, 6.45) is 5.98. The summed E-state index contributed by atoms with van der Waals surface area (Å²) < 4.78 is 0. The summed E-state index contributed by atoms with van der Waals surface area (Å²) in [7, 11) is 0. The zero-order valence-corrected chi connectivity index (χ0v) is 9.49. The van der Waals surface area contributed by atoms with Crippen LogP contribution in [-0.2, 0) is 6.42 Å². The summed E-state index contributed by atoms with van der Waals surface area (Å²) in [4.78, 5) is 2.92. The van der Waals surface area contributed by atoms with Crippen LogP contribution in [0.4, 0.5) is 0 Å². The number of thiophene rings is 1. The quantitative estimate of drug-likeness (QED) is 0.786. The number of hydrogen-bond acceptors (Lipinski definition) is 2. The zero-order valence-electron chi connectivity index (χ0n) is 8.68. The Bertz CT molecular complexity index is 317. The molecular weight excluding hydrogens is 190 g/mol. The predicted molar refractivity (Wildman–Crippen MR) is 63.8 cm³/mol. The lowest BCUT2D eigenvalue weighted by Crippen LogP contribution is -2.22. The fourth-order valence-electron chi connectivity index (χ4n) is 1.76. The van der Waals surface area contributed by atoms with E-state index in [1.165, 1.54) is 22.6 Å². The van der Waals surface area contributed by atoms with Gasteiger partial charge >= 0.3 is 0 Å². The van der Waals surface area contributed by atoms with Crippen molar-refractivity contribution in [3.63, 3.8) is 0 Å². The topological polar surface area (TPSA) is 12.0 Å². The van der Waals surface area contributed by atoms with Crippen molar-refractivity contribution in [2.45, 2.75) is 26.2 Å². The molecule has 1 aromatic heterocycles. The summed E-state index contributed by atoms with van der Waals surface area (Å²) in [5.74, 6) is 0. The highest BCUT2D eigenvalue weighted by Crippen LogP contribution is 2.22. The predicted octanol–water partition coefficient (Wildman–Crippen LogP) is 3.08. The van der Waals surface area contributed by atoms with Crippen LogP contribution < -0.4 is 5.32 Å². The van der Waals surface area contributed by atoms with Gasteiger partial charge < -0.3 is 5.32 Å². The third kappa shape index (κ3) is 2.46. The first-order valence-corrected chi connectivity index (χ1v) is 6.19. The maximum Gasteiger partial charge on any atom is 0.0272 e. The second kappa shape index (κ2) is 4.76. The standard InChI is InChI=1S/C12H17NS/c1-2-11-3-4-12(14-11)9-10-5-7-13-8-6-10/h3-4,9,13H,2,5-8H2,1H3. The van der Waals surface area contributed by atoms with E-state index in [2.05, 4.69) is 30.4 Å². The van der Waals surface area contributed by atoms with Gasteiger partial charge in [0.25, 0.3) is 0 Å². The lowest BCUT2D eigenvalue weighted by atomic mass is 10.1. The first-order valence-electron chi connectivity index (χ1n) is 5.37. The molecule has 0 spiro atoms. The van der Waals surface area contributed by atoms with Crippen LogP contribution in [0.15, 0.2) is 17.7 Å². The Morgan fingerprint density at radius 2 is 2.14 bits per heavy atom. The second-order valence-corrected chi connectivity index (χ2v) is 4.91. The van der Waals surface area contributed by atoms with Crippen LogP contribution in [-0.4, -0.2) is 13.1 Å². The van der Waals surface area contributed by atoms with Gasteiger partial charge in [-0.25, -0.2) is 0 Å². The molecule has 0 aromatic carbocycles. The molecule has 2 rings (SSSR count). The van der Waals surface area contributed by atoms with Crippen LogP contribution in [0.3, 0.4) is 0 Å². The van der Waals surface area contributed by atoms with Gasteiger partial charge in [0.05, 0.1) is 0 Å². The van der Waals surface area contributed by atoms with Gasteiger partial charge in [0, 0.05) is 9.75 Å². The van der Waals surface area contributed by atoms with Crippen molar-refractivity contribution in [1.29, 1.82) is 0 Å². The van der Waals surface area contributed by atoms with Crippen molar-refractivity contribution in [2.75, 3.05) is 13.1 Å². The molecule has 2 heterocycles. The lowest BCUT2D eigenvalue weighted by Gasteiger charge is -2.14. The summed E-state index contributed by atoms with van der Waals surface area (Å²) in [6, 6.07) is 4.50. The van der Waals surface area contributed by atoms with Gasteiger partial charge in [0.2, 0.25) is 0 Å². The first-order chi connectivity index (χ1) is 6.88. The molecule has 1 saturated heterocycles. The smallest absolute Gasteiger partial charge is 0.0272 e. The Kier molecular flexibility index (Phi) is 3.38. The molecule has 0 bridgehead atoms. The van der Waals surface area contributed by atoms with Crippen LogP contribution in [0.2, 0.25) is 0 Å². The second-order valence-electron chi connectivity index (χ2n) is 3.71. The average Bonchev–Trinajstić information content (AvgIpc) is 2.67. The van der Waals surface area contributed by atoms with Crippen LogP contribution in [0, 0.1) is 0 Å². The van der Waals surface area contributed by atoms with E-state index in [-0.39, 0.29) is 0 Å². The molecule has 76 valence electrons. The van der Waals surface area contributed by atoms with E-state index in [9.17, 15) is 0 Å². The Balaban J connectivity index is 2.07.